The summed E-state index contributed by atoms with van der Waals surface area (Å²) in [4.78, 5) is 4.61. The normalized spacial score (nSPS) is 26.1. The van der Waals surface area contributed by atoms with Gasteiger partial charge >= 0.3 is 0 Å². The van der Waals surface area contributed by atoms with E-state index in [9.17, 15) is 0 Å². The van der Waals surface area contributed by atoms with Gasteiger partial charge in [-0.05, 0) is 44.4 Å². The second-order valence-electron chi connectivity index (χ2n) is 5.69. The van der Waals surface area contributed by atoms with Gasteiger partial charge in [-0.3, -0.25) is 0 Å². The van der Waals surface area contributed by atoms with E-state index in [0.29, 0.717) is 11.3 Å². The molecular formula is C14H23N3OS. The Labute approximate surface area is 119 Å². The predicted molar refractivity (Wildman–Crippen MR) is 77.2 cm³/mol. The average Bonchev–Trinajstić information content (AvgIpc) is 3.15. The standard InChI is InChI=1S/C14H23N3OS/c1-15-11(10-5-2-3-6-10)9-13-16-14(17-18-13)12-7-4-8-19-12/h10-12,15H,2-9H2,1H3. The molecule has 1 aromatic rings. The highest BCUT2D eigenvalue weighted by atomic mass is 32.2. The number of hydrogen-bond acceptors (Lipinski definition) is 5. The van der Waals surface area contributed by atoms with Crippen molar-refractivity contribution in [2.24, 2.45) is 5.92 Å². The minimum atomic E-state index is 0.469. The Bertz CT molecular complexity index is 397. The van der Waals surface area contributed by atoms with Gasteiger partial charge < -0.3 is 9.84 Å². The summed E-state index contributed by atoms with van der Waals surface area (Å²) in [6.07, 6.45) is 8.77. The molecule has 0 amide bonds. The van der Waals surface area contributed by atoms with Crippen molar-refractivity contribution < 1.29 is 4.52 Å². The Morgan fingerprint density at radius 3 is 2.84 bits per heavy atom. The van der Waals surface area contributed by atoms with Gasteiger partial charge in [-0.2, -0.15) is 16.7 Å². The highest BCUT2D eigenvalue weighted by Gasteiger charge is 2.27. The maximum absolute atomic E-state index is 5.45. The maximum atomic E-state index is 5.45. The minimum Gasteiger partial charge on any atom is -0.339 e. The molecule has 5 heteroatoms. The summed E-state index contributed by atoms with van der Waals surface area (Å²) >= 11 is 1.96. The lowest BCUT2D eigenvalue weighted by Crippen LogP contribution is -2.34. The summed E-state index contributed by atoms with van der Waals surface area (Å²) in [7, 11) is 2.05. The fourth-order valence-corrected chi connectivity index (χ4v) is 4.51. The first kappa shape index (κ1) is 13.4. The van der Waals surface area contributed by atoms with Crippen LogP contribution in [0.15, 0.2) is 4.52 Å². The molecule has 1 N–H and O–H groups in total. The summed E-state index contributed by atoms with van der Waals surface area (Å²) in [5.74, 6) is 3.74. The number of aromatic nitrogens is 2. The van der Waals surface area contributed by atoms with Gasteiger partial charge in [-0.25, -0.2) is 0 Å². The molecule has 0 radical (unpaired) electrons. The molecule has 2 atom stereocenters. The maximum Gasteiger partial charge on any atom is 0.228 e. The first-order valence-corrected chi connectivity index (χ1v) is 8.53. The Morgan fingerprint density at radius 2 is 2.16 bits per heavy atom. The van der Waals surface area contributed by atoms with E-state index in [0.717, 1.165) is 24.1 Å². The lowest BCUT2D eigenvalue weighted by molar-refractivity contribution is 0.317. The predicted octanol–water partition coefficient (Wildman–Crippen LogP) is 2.96. The molecule has 0 aromatic carbocycles. The third-order valence-corrected chi connectivity index (χ3v) is 5.81. The number of nitrogens with zero attached hydrogens (tertiary/aromatic N) is 2. The largest absolute Gasteiger partial charge is 0.339 e. The summed E-state index contributed by atoms with van der Waals surface area (Å²) in [5, 5.41) is 8.09. The van der Waals surface area contributed by atoms with Crippen molar-refractivity contribution in [1.29, 1.82) is 0 Å². The fraction of sp³-hybridized carbons (Fsp3) is 0.857. The molecule has 1 aliphatic carbocycles. The van der Waals surface area contributed by atoms with Crippen molar-refractivity contribution in [3.63, 3.8) is 0 Å². The molecule has 3 rings (SSSR count). The first-order chi connectivity index (χ1) is 9.36. The van der Waals surface area contributed by atoms with Crippen LogP contribution in [0.5, 0.6) is 0 Å². The van der Waals surface area contributed by atoms with E-state index in [1.54, 1.807) is 0 Å². The molecule has 106 valence electrons. The Balaban J connectivity index is 1.61. The van der Waals surface area contributed by atoms with E-state index in [4.69, 9.17) is 4.52 Å². The van der Waals surface area contributed by atoms with Crippen LogP contribution in [0.25, 0.3) is 0 Å². The molecule has 1 aliphatic heterocycles. The van der Waals surface area contributed by atoms with Crippen LogP contribution in [-0.2, 0) is 6.42 Å². The van der Waals surface area contributed by atoms with E-state index in [1.807, 2.05) is 18.8 Å². The Morgan fingerprint density at radius 1 is 1.32 bits per heavy atom. The van der Waals surface area contributed by atoms with Crippen LogP contribution in [0.2, 0.25) is 0 Å². The highest BCUT2D eigenvalue weighted by Crippen LogP contribution is 2.38. The molecule has 2 fully saturated rings. The van der Waals surface area contributed by atoms with Gasteiger partial charge in [0.25, 0.3) is 0 Å². The zero-order valence-corrected chi connectivity index (χ0v) is 12.4. The van der Waals surface area contributed by atoms with Crippen LogP contribution in [0, 0.1) is 5.92 Å². The second-order valence-corrected chi connectivity index (χ2v) is 7.00. The smallest absolute Gasteiger partial charge is 0.228 e. The van der Waals surface area contributed by atoms with Gasteiger partial charge in [0.2, 0.25) is 5.89 Å². The number of hydrogen-bond donors (Lipinski definition) is 1. The highest BCUT2D eigenvalue weighted by molar-refractivity contribution is 7.99. The average molecular weight is 281 g/mol. The van der Waals surface area contributed by atoms with E-state index < -0.39 is 0 Å². The molecule has 4 nitrogen and oxygen atoms in total. The quantitative estimate of drug-likeness (QED) is 0.899. The van der Waals surface area contributed by atoms with Crippen molar-refractivity contribution in [2.75, 3.05) is 12.8 Å². The number of nitrogens with one attached hydrogen (secondary N) is 1. The third kappa shape index (κ3) is 3.14. The van der Waals surface area contributed by atoms with E-state index in [1.165, 1.54) is 44.3 Å². The van der Waals surface area contributed by atoms with Gasteiger partial charge in [0.1, 0.15) is 0 Å². The number of rotatable bonds is 5. The van der Waals surface area contributed by atoms with Crippen LogP contribution in [0.4, 0.5) is 0 Å². The van der Waals surface area contributed by atoms with Crippen LogP contribution >= 0.6 is 11.8 Å². The zero-order valence-electron chi connectivity index (χ0n) is 11.6. The summed E-state index contributed by atoms with van der Waals surface area (Å²) in [6.45, 7) is 0. The Hall–Kier alpha value is -0.550. The number of thioether (sulfide) groups is 1. The van der Waals surface area contributed by atoms with E-state index >= 15 is 0 Å². The fourth-order valence-electron chi connectivity index (χ4n) is 3.32. The van der Waals surface area contributed by atoms with Gasteiger partial charge in [0.15, 0.2) is 5.82 Å². The van der Waals surface area contributed by atoms with Crippen molar-refractivity contribution in [3.8, 4) is 0 Å². The van der Waals surface area contributed by atoms with Crippen LogP contribution < -0.4 is 5.32 Å². The van der Waals surface area contributed by atoms with Crippen molar-refractivity contribution >= 4 is 11.8 Å². The van der Waals surface area contributed by atoms with Crippen molar-refractivity contribution in [1.82, 2.24) is 15.5 Å². The molecule has 0 spiro atoms. The van der Waals surface area contributed by atoms with Crippen LogP contribution in [-0.4, -0.2) is 29.0 Å². The summed E-state index contributed by atoms with van der Waals surface area (Å²) in [5.41, 5.74) is 0. The molecule has 1 saturated heterocycles. The lowest BCUT2D eigenvalue weighted by Gasteiger charge is -2.20. The van der Waals surface area contributed by atoms with Gasteiger partial charge in [0.05, 0.1) is 5.25 Å². The zero-order chi connectivity index (χ0) is 13.1. The van der Waals surface area contributed by atoms with Gasteiger partial charge in [-0.15, -0.1) is 0 Å². The molecule has 0 bridgehead atoms. The second kappa shape index (κ2) is 6.27. The third-order valence-electron chi connectivity index (χ3n) is 4.44. The molecule has 1 saturated carbocycles. The summed E-state index contributed by atoms with van der Waals surface area (Å²) in [6, 6.07) is 0.493. The van der Waals surface area contributed by atoms with Gasteiger partial charge in [0, 0.05) is 12.5 Å². The first-order valence-electron chi connectivity index (χ1n) is 7.48. The topological polar surface area (TPSA) is 51.0 Å². The van der Waals surface area contributed by atoms with E-state index in [-0.39, 0.29) is 0 Å². The van der Waals surface area contributed by atoms with Crippen LogP contribution in [0.1, 0.15) is 55.5 Å². The summed E-state index contributed by atoms with van der Waals surface area (Å²) < 4.78 is 5.45. The lowest BCUT2D eigenvalue weighted by atomic mass is 9.95. The molecule has 2 unspecified atom stereocenters. The Kier molecular flexibility index (Phi) is 4.43. The molecule has 19 heavy (non-hydrogen) atoms. The van der Waals surface area contributed by atoms with Crippen LogP contribution in [0.3, 0.4) is 0 Å². The number of likely N-dealkylation sites (N-methyl/N-ethyl adjacent to an activating group) is 1. The molecule has 2 heterocycles. The SMILES string of the molecule is CNC(Cc1nc(C2CCCS2)no1)C1CCCC1. The monoisotopic (exact) mass is 281 g/mol. The van der Waals surface area contributed by atoms with Crippen molar-refractivity contribution in [2.45, 2.75) is 56.2 Å². The van der Waals surface area contributed by atoms with Crippen molar-refractivity contribution in [3.05, 3.63) is 11.7 Å². The van der Waals surface area contributed by atoms with E-state index in [2.05, 4.69) is 15.5 Å². The van der Waals surface area contributed by atoms with Gasteiger partial charge in [-0.1, -0.05) is 18.0 Å². The minimum absolute atomic E-state index is 0.469. The molecule has 2 aliphatic rings. The molecular weight excluding hydrogens is 258 g/mol. The molecule has 1 aromatic heterocycles.